The second-order valence-electron chi connectivity index (χ2n) is 3.94. The van der Waals surface area contributed by atoms with Crippen molar-refractivity contribution in [1.82, 2.24) is 10.1 Å². The highest BCUT2D eigenvalue weighted by Crippen LogP contribution is 2.29. The minimum absolute atomic E-state index is 0.225. The number of hydrogen-bond donors (Lipinski definition) is 0. The maximum atomic E-state index is 12.4. The summed E-state index contributed by atoms with van der Waals surface area (Å²) in [6.45, 7) is 1.67. The Hall–Kier alpha value is -2.38. The number of alkyl halides is 3. The average Bonchev–Trinajstić information content (AvgIpc) is 2.88. The largest absolute Gasteiger partial charge is 0.471 e. The molecule has 0 radical (unpaired) electrons. The second-order valence-corrected chi connectivity index (χ2v) is 3.94. The quantitative estimate of drug-likeness (QED) is 0.794. The zero-order valence-electron chi connectivity index (χ0n) is 10.5. The van der Waals surface area contributed by atoms with Crippen molar-refractivity contribution < 1.29 is 27.2 Å². The van der Waals surface area contributed by atoms with Crippen LogP contribution in [-0.2, 0) is 10.9 Å². The van der Waals surface area contributed by atoms with E-state index in [1.165, 1.54) is 19.2 Å². The van der Waals surface area contributed by atoms with Crippen LogP contribution in [0.25, 0.3) is 11.4 Å². The Balaban J connectivity index is 2.43. The molecule has 0 unspecified atom stereocenters. The molecule has 0 fully saturated rings. The van der Waals surface area contributed by atoms with Crippen molar-refractivity contribution in [2.45, 2.75) is 13.1 Å². The fourth-order valence-corrected chi connectivity index (χ4v) is 1.55. The third-order valence-corrected chi connectivity index (χ3v) is 2.57. The lowest BCUT2D eigenvalue weighted by Gasteiger charge is -2.04. The van der Waals surface area contributed by atoms with Gasteiger partial charge in [0.15, 0.2) is 0 Å². The first-order valence-electron chi connectivity index (χ1n) is 5.43. The monoisotopic (exact) mass is 286 g/mol. The number of halogens is 3. The number of hydrogen-bond acceptors (Lipinski definition) is 5. The van der Waals surface area contributed by atoms with E-state index < -0.39 is 18.0 Å². The van der Waals surface area contributed by atoms with Gasteiger partial charge in [-0.3, -0.25) is 0 Å². The molecule has 5 nitrogen and oxygen atoms in total. The highest BCUT2D eigenvalue weighted by Gasteiger charge is 2.38. The minimum Gasteiger partial charge on any atom is -0.465 e. The van der Waals surface area contributed by atoms with Crippen LogP contribution in [0.4, 0.5) is 13.2 Å². The molecular weight excluding hydrogens is 277 g/mol. The van der Waals surface area contributed by atoms with Crippen molar-refractivity contribution in [2.24, 2.45) is 0 Å². The number of methoxy groups -OCH3 is 1. The molecule has 2 rings (SSSR count). The van der Waals surface area contributed by atoms with Crippen LogP contribution in [0.2, 0.25) is 0 Å². The summed E-state index contributed by atoms with van der Waals surface area (Å²) in [4.78, 5) is 14.8. The third-order valence-electron chi connectivity index (χ3n) is 2.57. The molecule has 1 aromatic carbocycles. The summed E-state index contributed by atoms with van der Waals surface area (Å²) >= 11 is 0. The fraction of sp³-hybridized carbons (Fsp3) is 0.250. The number of aromatic nitrogens is 2. The van der Waals surface area contributed by atoms with Crippen molar-refractivity contribution in [2.75, 3.05) is 7.11 Å². The van der Waals surface area contributed by atoms with Crippen LogP contribution in [0, 0.1) is 6.92 Å². The van der Waals surface area contributed by atoms with Crippen LogP contribution in [0.15, 0.2) is 22.7 Å². The van der Waals surface area contributed by atoms with Crippen LogP contribution in [0.5, 0.6) is 0 Å². The Kier molecular flexibility index (Phi) is 3.47. The van der Waals surface area contributed by atoms with Gasteiger partial charge in [0.25, 0.3) is 0 Å². The highest BCUT2D eigenvalue weighted by molar-refractivity contribution is 5.92. The van der Waals surface area contributed by atoms with Gasteiger partial charge in [-0.25, -0.2) is 4.79 Å². The number of nitrogens with zero attached hydrogens (tertiary/aromatic N) is 2. The van der Waals surface area contributed by atoms with Gasteiger partial charge in [-0.05, 0) is 18.6 Å². The molecule has 0 aliphatic carbocycles. The zero-order valence-corrected chi connectivity index (χ0v) is 10.5. The van der Waals surface area contributed by atoms with E-state index in [9.17, 15) is 18.0 Å². The lowest BCUT2D eigenvalue weighted by molar-refractivity contribution is -0.159. The molecule has 2 aromatic rings. The van der Waals surface area contributed by atoms with Crippen molar-refractivity contribution in [3.05, 3.63) is 35.2 Å². The summed E-state index contributed by atoms with van der Waals surface area (Å²) in [6.07, 6.45) is -4.71. The van der Waals surface area contributed by atoms with Crippen molar-refractivity contribution in [1.29, 1.82) is 0 Å². The summed E-state index contributed by atoms with van der Waals surface area (Å²) in [5, 5.41) is 3.25. The van der Waals surface area contributed by atoms with Crippen molar-refractivity contribution in [3.8, 4) is 11.4 Å². The highest BCUT2D eigenvalue weighted by atomic mass is 19.4. The maximum Gasteiger partial charge on any atom is 0.471 e. The number of benzene rings is 1. The molecule has 0 saturated carbocycles. The number of ether oxygens (including phenoxy) is 1. The smallest absolute Gasteiger partial charge is 0.465 e. The van der Waals surface area contributed by atoms with Gasteiger partial charge in [0.1, 0.15) is 0 Å². The molecular formula is C12H9F3N2O3. The molecule has 8 heteroatoms. The number of aryl methyl sites for hydroxylation is 1. The Morgan fingerprint density at radius 3 is 2.60 bits per heavy atom. The van der Waals surface area contributed by atoms with Crippen LogP contribution < -0.4 is 0 Å². The molecule has 1 aromatic heterocycles. The first-order chi connectivity index (χ1) is 9.32. The summed E-state index contributed by atoms with van der Waals surface area (Å²) in [7, 11) is 1.21. The van der Waals surface area contributed by atoms with Crippen LogP contribution in [0.1, 0.15) is 21.8 Å². The summed E-state index contributed by atoms with van der Waals surface area (Å²) < 4.78 is 45.8. The Morgan fingerprint density at radius 1 is 1.35 bits per heavy atom. The lowest BCUT2D eigenvalue weighted by Crippen LogP contribution is -2.05. The molecule has 0 spiro atoms. The van der Waals surface area contributed by atoms with Crippen molar-refractivity contribution >= 4 is 5.97 Å². The van der Waals surface area contributed by atoms with Gasteiger partial charge in [-0.15, -0.1) is 0 Å². The number of carbonyl (C=O) groups excluding carboxylic acids is 1. The zero-order chi connectivity index (χ0) is 14.9. The van der Waals surface area contributed by atoms with Gasteiger partial charge in [0.2, 0.25) is 5.82 Å². The van der Waals surface area contributed by atoms with E-state index in [0.717, 1.165) is 0 Å². The number of rotatable bonds is 2. The van der Waals surface area contributed by atoms with Gasteiger partial charge in [0, 0.05) is 5.56 Å². The molecule has 0 atom stereocenters. The third kappa shape index (κ3) is 2.63. The summed E-state index contributed by atoms with van der Waals surface area (Å²) in [5.41, 5.74) is 1.08. The van der Waals surface area contributed by atoms with E-state index in [1.807, 2.05) is 0 Å². The van der Waals surface area contributed by atoms with Crippen molar-refractivity contribution in [3.63, 3.8) is 0 Å². The van der Waals surface area contributed by atoms with E-state index in [4.69, 9.17) is 0 Å². The van der Waals surface area contributed by atoms with Crippen LogP contribution in [-0.4, -0.2) is 23.2 Å². The first kappa shape index (κ1) is 14.0. The predicted octanol–water partition coefficient (Wildman–Crippen LogP) is 2.85. The van der Waals surface area contributed by atoms with Gasteiger partial charge in [-0.1, -0.05) is 17.3 Å². The van der Waals surface area contributed by atoms with Gasteiger partial charge in [0.05, 0.1) is 12.7 Å². The molecule has 0 saturated heterocycles. The maximum absolute atomic E-state index is 12.4. The molecule has 106 valence electrons. The second kappa shape index (κ2) is 4.95. The SMILES string of the molecule is COC(=O)c1cc(-c2noc(C(F)(F)F)n2)ccc1C. The molecule has 0 aliphatic rings. The normalized spacial score (nSPS) is 11.4. The van der Waals surface area contributed by atoms with E-state index in [-0.39, 0.29) is 17.0 Å². The Labute approximate surface area is 111 Å². The lowest BCUT2D eigenvalue weighted by atomic mass is 10.0. The van der Waals surface area contributed by atoms with Gasteiger partial charge in [-0.2, -0.15) is 18.2 Å². The molecule has 0 amide bonds. The minimum atomic E-state index is -4.71. The van der Waals surface area contributed by atoms with E-state index in [1.54, 1.807) is 13.0 Å². The topological polar surface area (TPSA) is 65.2 Å². The molecule has 0 N–H and O–H groups in total. The average molecular weight is 286 g/mol. The summed E-state index contributed by atoms with van der Waals surface area (Å²) in [5.74, 6) is -2.28. The molecule has 20 heavy (non-hydrogen) atoms. The number of esters is 1. The van der Waals surface area contributed by atoms with E-state index in [2.05, 4.69) is 19.4 Å². The Bertz CT molecular complexity index is 650. The molecule has 0 aliphatic heterocycles. The van der Waals surface area contributed by atoms with Crippen LogP contribution in [0.3, 0.4) is 0 Å². The Morgan fingerprint density at radius 2 is 2.05 bits per heavy atom. The first-order valence-corrected chi connectivity index (χ1v) is 5.43. The number of carbonyl (C=O) groups is 1. The fourth-order valence-electron chi connectivity index (χ4n) is 1.55. The van der Waals surface area contributed by atoms with Gasteiger partial charge < -0.3 is 9.26 Å². The van der Waals surface area contributed by atoms with E-state index in [0.29, 0.717) is 5.56 Å². The predicted molar refractivity (Wildman–Crippen MR) is 60.8 cm³/mol. The molecule has 1 heterocycles. The van der Waals surface area contributed by atoms with E-state index >= 15 is 0 Å². The standard InChI is InChI=1S/C12H9F3N2O3/c1-6-3-4-7(5-8(6)10(18)19-2)9-16-11(20-17-9)12(13,14)15/h3-5H,1-2H3. The summed E-state index contributed by atoms with van der Waals surface area (Å²) in [6, 6.07) is 4.41. The van der Waals surface area contributed by atoms with Crippen LogP contribution >= 0.6 is 0 Å². The molecule has 0 bridgehead atoms. The van der Waals surface area contributed by atoms with Gasteiger partial charge >= 0.3 is 18.0 Å².